The van der Waals surface area contributed by atoms with Crippen LogP contribution in [0.5, 0.6) is 0 Å². The van der Waals surface area contributed by atoms with Gasteiger partial charge in [0.2, 0.25) is 0 Å². The van der Waals surface area contributed by atoms with Gasteiger partial charge in [-0.3, -0.25) is 0 Å². The molecular weight excluding hydrogens is 250 g/mol. The van der Waals surface area contributed by atoms with E-state index >= 15 is 0 Å². The topological polar surface area (TPSA) is 32.3 Å². The van der Waals surface area contributed by atoms with Gasteiger partial charge in [0, 0.05) is 22.0 Å². The first-order valence-electron chi connectivity index (χ1n) is 4.09. The molecule has 1 aliphatic heterocycles. The van der Waals surface area contributed by atoms with Crippen LogP contribution in [0.1, 0.15) is 11.7 Å². The zero-order valence-electron chi connectivity index (χ0n) is 6.90. The van der Waals surface area contributed by atoms with Crippen LogP contribution in [-0.4, -0.2) is 17.7 Å². The van der Waals surface area contributed by atoms with Gasteiger partial charge < -0.3 is 10.4 Å². The van der Waals surface area contributed by atoms with Crippen LogP contribution < -0.4 is 5.32 Å². The number of aliphatic hydroxyl groups excluding tert-OH is 1. The molecule has 0 saturated carbocycles. The summed E-state index contributed by atoms with van der Waals surface area (Å²) in [7, 11) is 0. The number of thiophene rings is 1. The summed E-state index contributed by atoms with van der Waals surface area (Å²) in [5.74, 6) is 0. The highest BCUT2D eigenvalue weighted by atomic mass is 79.9. The van der Waals surface area contributed by atoms with E-state index in [1.54, 1.807) is 11.3 Å². The Morgan fingerprint density at radius 2 is 2.46 bits per heavy atom. The molecule has 0 radical (unpaired) electrons. The van der Waals surface area contributed by atoms with Crippen molar-refractivity contribution >= 4 is 27.3 Å². The molecule has 1 aromatic heterocycles. The van der Waals surface area contributed by atoms with E-state index in [-0.39, 0.29) is 6.04 Å². The lowest BCUT2D eigenvalue weighted by Crippen LogP contribution is -2.28. The molecule has 2 unspecified atom stereocenters. The molecule has 0 bridgehead atoms. The molecule has 0 aliphatic carbocycles. The summed E-state index contributed by atoms with van der Waals surface area (Å²) in [6, 6.07) is 0.0610. The maximum absolute atomic E-state index is 9.95. The Kier molecular flexibility index (Phi) is 2.83. The molecule has 0 spiro atoms. The smallest absolute Gasteiger partial charge is 0.0997 e. The fourth-order valence-electron chi connectivity index (χ4n) is 1.40. The van der Waals surface area contributed by atoms with E-state index in [9.17, 15) is 5.11 Å². The van der Waals surface area contributed by atoms with E-state index in [1.807, 2.05) is 22.9 Å². The number of halogens is 1. The minimum absolute atomic E-state index is 0.0610. The van der Waals surface area contributed by atoms with Crippen molar-refractivity contribution in [1.82, 2.24) is 5.32 Å². The third kappa shape index (κ3) is 1.86. The molecule has 1 aromatic rings. The molecule has 2 atom stereocenters. The first-order chi connectivity index (χ1) is 6.29. The van der Waals surface area contributed by atoms with Gasteiger partial charge in [-0.25, -0.2) is 0 Å². The Hall–Kier alpha value is -0.160. The van der Waals surface area contributed by atoms with Crippen molar-refractivity contribution < 1.29 is 5.11 Å². The van der Waals surface area contributed by atoms with Crippen molar-refractivity contribution in [2.24, 2.45) is 0 Å². The molecule has 2 N–H and O–H groups in total. The van der Waals surface area contributed by atoms with Crippen LogP contribution in [0.4, 0.5) is 0 Å². The van der Waals surface area contributed by atoms with Gasteiger partial charge in [0.15, 0.2) is 0 Å². The Morgan fingerprint density at radius 3 is 3.00 bits per heavy atom. The summed E-state index contributed by atoms with van der Waals surface area (Å²) in [6.07, 6.45) is 3.60. The van der Waals surface area contributed by atoms with Crippen molar-refractivity contribution in [2.45, 2.75) is 12.1 Å². The lowest BCUT2D eigenvalue weighted by Gasteiger charge is -2.16. The van der Waals surface area contributed by atoms with Gasteiger partial charge >= 0.3 is 0 Å². The third-order valence-corrected chi connectivity index (χ3v) is 3.87. The molecule has 4 heteroatoms. The summed E-state index contributed by atoms with van der Waals surface area (Å²) in [5, 5.41) is 17.1. The van der Waals surface area contributed by atoms with Gasteiger partial charge in [-0.2, -0.15) is 11.3 Å². The minimum Gasteiger partial charge on any atom is -0.386 e. The molecule has 70 valence electrons. The Bertz CT molecular complexity index is 323. The third-order valence-electron chi connectivity index (χ3n) is 2.12. The van der Waals surface area contributed by atoms with Crippen molar-refractivity contribution in [3.63, 3.8) is 0 Å². The summed E-state index contributed by atoms with van der Waals surface area (Å²) in [6.45, 7) is 0.851. The Balaban J connectivity index is 2.17. The zero-order valence-corrected chi connectivity index (χ0v) is 9.31. The molecule has 13 heavy (non-hydrogen) atoms. The van der Waals surface area contributed by atoms with Crippen LogP contribution >= 0.6 is 27.3 Å². The predicted octanol–water partition coefficient (Wildman–Crippen LogP) is 2.07. The monoisotopic (exact) mass is 259 g/mol. The standard InChI is InChI=1S/C9H10BrNOS/c10-7-5-13-4-6(7)9(12)8-2-1-3-11-8/h1-2,4-5,8-9,11-12H,3H2. The van der Waals surface area contributed by atoms with Gasteiger partial charge in [0.1, 0.15) is 0 Å². The number of hydrogen-bond donors (Lipinski definition) is 2. The van der Waals surface area contributed by atoms with Crippen LogP contribution in [-0.2, 0) is 0 Å². The maximum Gasteiger partial charge on any atom is 0.0997 e. The highest BCUT2D eigenvalue weighted by molar-refractivity contribution is 9.10. The molecule has 0 fully saturated rings. The van der Waals surface area contributed by atoms with E-state index in [0.717, 1.165) is 16.6 Å². The second kappa shape index (κ2) is 3.92. The fraction of sp³-hybridized carbons (Fsp3) is 0.333. The molecule has 2 rings (SSSR count). The first-order valence-corrected chi connectivity index (χ1v) is 5.82. The number of nitrogens with one attached hydrogen (secondary N) is 1. The quantitative estimate of drug-likeness (QED) is 0.798. The Morgan fingerprint density at radius 1 is 1.62 bits per heavy atom. The van der Waals surface area contributed by atoms with Crippen molar-refractivity contribution in [1.29, 1.82) is 0 Å². The number of aliphatic hydroxyl groups is 1. The highest BCUT2D eigenvalue weighted by Gasteiger charge is 2.22. The largest absolute Gasteiger partial charge is 0.386 e. The second-order valence-corrected chi connectivity index (χ2v) is 4.58. The minimum atomic E-state index is -0.445. The predicted molar refractivity (Wildman–Crippen MR) is 57.9 cm³/mol. The van der Waals surface area contributed by atoms with Gasteiger partial charge in [-0.1, -0.05) is 12.2 Å². The molecule has 2 nitrogen and oxygen atoms in total. The zero-order chi connectivity index (χ0) is 9.26. The molecule has 0 amide bonds. The average molecular weight is 260 g/mol. The van der Waals surface area contributed by atoms with Gasteiger partial charge in [0.05, 0.1) is 12.1 Å². The van der Waals surface area contributed by atoms with Crippen LogP contribution in [0.15, 0.2) is 27.4 Å². The van der Waals surface area contributed by atoms with Crippen LogP contribution in [0.3, 0.4) is 0 Å². The molecule has 0 saturated heterocycles. The van der Waals surface area contributed by atoms with E-state index in [1.165, 1.54) is 0 Å². The van der Waals surface area contributed by atoms with E-state index < -0.39 is 6.10 Å². The van der Waals surface area contributed by atoms with Gasteiger partial charge in [-0.05, 0) is 21.3 Å². The lowest BCUT2D eigenvalue weighted by molar-refractivity contribution is 0.152. The maximum atomic E-state index is 9.95. The summed E-state index contributed by atoms with van der Waals surface area (Å²) in [4.78, 5) is 0. The van der Waals surface area contributed by atoms with Crippen molar-refractivity contribution in [3.8, 4) is 0 Å². The van der Waals surface area contributed by atoms with Crippen LogP contribution in [0.25, 0.3) is 0 Å². The van der Waals surface area contributed by atoms with Gasteiger partial charge in [0.25, 0.3) is 0 Å². The van der Waals surface area contributed by atoms with E-state index in [0.29, 0.717) is 0 Å². The second-order valence-electron chi connectivity index (χ2n) is 2.98. The fourth-order valence-corrected chi connectivity index (χ4v) is 2.96. The Labute approximate surface area is 89.4 Å². The molecule has 1 aliphatic rings. The molecular formula is C9H10BrNOS. The van der Waals surface area contributed by atoms with Crippen molar-refractivity contribution in [2.75, 3.05) is 6.54 Å². The summed E-state index contributed by atoms with van der Waals surface area (Å²) >= 11 is 5.01. The van der Waals surface area contributed by atoms with Crippen LogP contribution in [0.2, 0.25) is 0 Å². The van der Waals surface area contributed by atoms with Crippen LogP contribution in [0, 0.1) is 0 Å². The average Bonchev–Trinajstić information content (AvgIpc) is 2.72. The van der Waals surface area contributed by atoms with E-state index in [2.05, 4.69) is 21.2 Å². The van der Waals surface area contributed by atoms with Crippen molar-refractivity contribution in [3.05, 3.63) is 32.9 Å². The number of hydrogen-bond acceptors (Lipinski definition) is 3. The highest BCUT2D eigenvalue weighted by Crippen LogP contribution is 2.30. The lowest BCUT2D eigenvalue weighted by atomic mass is 10.1. The summed E-state index contributed by atoms with van der Waals surface area (Å²) in [5.41, 5.74) is 0.967. The number of rotatable bonds is 2. The molecule has 2 heterocycles. The summed E-state index contributed by atoms with van der Waals surface area (Å²) < 4.78 is 0.993. The molecule has 0 aromatic carbocycles. The van der Waals surface area contributed by atoms with Gasteiger partial charge in [-0.15, -0.1) is 0 Å². The van der Waals surface area contributed by atoms with E-state index in [4.69, 9.17) is 0 Å². The SMILES string of the molecule is OC(c1cscc1Br)C1C=CCN1. The normalized spacial score (nSPS) is 23.7. The first kappa shape index (κ1) is 9.40.